The van der Waals surface area contributed by atoms with Crippen molar-refractivity contribution >= 4 is 17.5 Å². The van der Waals surface area contributed by atoms with E-state index in [1.807, 2.05) is 6.92 Å². The fourth-order valence-electron chi connectivity index (χ4n) is 1.75. The number of phenols is 1. The maximum Gasteiger partial charge on any atom is 0.255 e. The van der Waals surface area contributed by atoms with Crippen LogP contribution < -0.4 is 11.1 Å². The molecule has 0 aliphatic rings. The van der Waals surface area contributed by atoms with E-state index in [2.05, 4.69) is 5.32 Å². The number of hydrogen-bond donors (Lipinski definition) is 3. The molecule has 0 atom stereocenters. The molecule has 0 aliphatic heterocycles. The largest absolute Gasteiger partial charge is 0.508 e. The summed E-state index contributed by atoms with van der Waals surface area (Å²) in [4.78, 5) is 23.2. The van der Waals surface area contributed by atoms with Crippen LogP contribution in [-0.2, 0) is 0 Å². The number of aromatic hydroxyl groups is 1. The number of nitrogens with one attached hydrogen (secondary N) is 1. The van der Waals surface area contributed by atoms with E-state index in [-0.39, 0.29) is 11.7 Å². The highest BCUT2D eigenvalue weighted by Gasteiger charge is 2.10. The van der Waals surface area contributed by atoms with Crippen molar-refractivity contribution in [2.24, 2.45) is 5.73 Å². The molecule has 2 amide bonds. The number of amides is 2. The zero-order chi connectivity index (χ0) is 14.7. The molecule has 0 spiro atoms. The van der Waals surface area contributed by atoms with Gasteiger partial charge in [-0.1, -0.05) is 12.1 Å². The van der Waals surface area contributed by atoms with Gasteiger partial charge in [0.05, 0.1) is 0 Å². The summed E-state index contributed by atoms with van der Waals surface area (Å²) in [6, 6.07) is 10.8. The highest BCUT2D eigenvalue weighted by molar-refractivity contribution is 6.05. The summed E-state index contributed by atoms with van der Waals surface area (Å²) in [5, 5.41) is 12.0. The maximum absolute atomic E-state index is 12.1. The lowest BCUT2D eigenvalue weighted by Crippen LogP contribution is -2.15. The molecule has 0 radical (unpaired) electrons. The average molecular weight is 270 g/mol. The summed E-state index contributed by atoms with van der Waals surface area (Å²) < 4.78 is 0. The summed E-state index contributed by atoms with van der Waals surface area (Å²) >= 11 is 0. The Morgan fingerprint density at radius 2 is 1.85 bits per heavy atom. The summed E-state index contributed by atoms with van der Waals surface area (Å²) in [6.45, 7) is 1.81. The van der Waals surface area contributed by atoms with Gasteiger partial charge in [-0.15, -0.1) is 0 Å². The Balaban J connectivity index is 2.27. The summed E-state index contributed by atoms with van der Waals surface area (Å²) in [7, 11) is 0. The predicted octanol–water partition coefficient (Wildman–Crippen LogP) is 2.05. The first-order chi connectivity index (χ1) is 9.47. The van der Waals surface area contributed by atoms with Gasteiger partial charge in [-0.25, -0.2) is 0 Å². The van der Waals surface area contributed by atoms with Crippen molar-refractivity contribution in [2.75, 3.05) is 5.32 Å². The molecular weight excluding hydrogens is 256 g/mol. The molecule has 0 saturated carbocycles. The molecule has 4 N–H and O–H groups in total. The van der Waals surface area contributed by atoms with Gasteiger partial charge in [-0.3, -0.25) is 9.59 Å². The smallest absolute Gasteiger partial charge is 0.255 e. The Hall–Kier alpha value is -2.82. The predicted molar refractivity (Wildman–Crippen MR) is 75.8 cm³/mol. The van der Waals surface area contributed by atoms with E-state index >= 15 is 0 Å². The number of nitrogens with two attached hydrogens (primary N) is 1. The molecule has 5 nitrogen and oxygen atoms in total. The Morgan fingerprint density at radius 3 is 2.50 bits per heavy atom. The van der Waals surface area contributed by atoms with Crippen LogP contribution in [0.4, 0.5) is 5.69 Å². The standard InChI is InChI=1S/C15H14N2O3/c1-9-5-6-10(14(16)19)8-13(9)17-15(20)11-3-2-4-12(18)7-11/h2-8,18H,1H3,(H2,16,19)(H,17,20). The van der Waals surface area contributed by atoms with E-state index in [1.165, 1.54) is 18.2 Å². The molecule has 0 bridgehead atoms. The first kappa shape index (κ1) is 13.6. The van der Waals surface area contributed by atoms with Gasteiger partial charge in [0.25, 0.3) is 5.91 Å². The van der Waals surface area contributed by atoms with Gasteiger partial charge in [0.2, 0.25) is 5.91 Å². The minimum Gasteiger partial charge on any atom is -0.508 e. The van der Waals surface area contributed by atoms with Gasteiger partial charge in [0.15, 0.2) is 0 Å². The number of hydrogen-bond acceptors (Lipinski definition) is 3. The first-order valence-electron chi connectivity index (χ1n) is 5.98. The van der Waals surface area contributed by atoms with Crippen LogP contribution >= 0.6 is 0 Å². The fraction of sp³-hybridized carbons (Fsp3) is 0.0667. The van der Waals surface area contributed by atoms with Crippen LogP contribution in [0.2, 0.25) is 0 Å². The van der Waals surface area contributed by atoms with Gasteiger partial charge >= 0.3 is 0 Å². The molecule has 0 aromatic heterocycles. The Bertz CT molecular complexity index is 681. The van der Waals surface area contributed by atoms with E-state index in [1.54, 1.807) is 24.3 Å². The van der Waals surface area contributed by atoms with E-state index < -0.39 is 5.91 Å². The van der Waals surface area contributed by atoms with Gasteiger partial charge in [0, 0.05) is 16.8 Å². The molecule has 20 heavy (non-hydrogen) atoms. The van der Waals surface area contributed by atoms with E-state index in [0.29, 0.717) is 16.8 Å². The highest BCUT2D eigenvalue weighted by Crippen LogP contribution is 2.19. The first-order valence-corrected chi connectivity index (χ1v) is 5.98. The Labute approximate surface area is 116 Å². The van der Waals surface area contributed by atoms with Crippen LogP contribution in [0.25, 0.3) is 0 Å². The number of anilines is 1. The molecule has 0 aliphatic carbocycles. The lowest BCUT2D eigenvalue weighted by molar-refractivity contribution is 0.0996. The third-order valence-electron chi connectivity index (χ3n) is 2.88. The van der Waals surface area contributed by atoms with Gasteiger partial charge in [-0.05, 0) is 42.8 Å². The van der Waals surface area contributed by atoms with Crippen LogP contribution in [0.1, 0.15) is 26.3 Å². The topological polar surface area (TPSA) is 92.4 Å². The molecular formula is C15H14N2O3. The van der Waals surface area contributed by atoms with E-state index in [4.69, 9.17) is 5.73 Å². The molecule has 2 aromatic carbocycles. The summed E-state index contributed by atoms with van der Waals surface area (Å²) in [5.41, 5.74) is 7.18. The van der Waals surface area contributed by atoms with Crippen molar-refractivity contribution in [3.63, 3.8) is 0 Å². The summed E-state index contributed by atoms with van der Waals surface area (Å²) in [5.74, 6) is -0.913. The number of benzene rings is 2. The molecule has 2 rings (SSSR count). The van der Waals surface area contributed by atoms with Crippen LogP contribution in [0.5, 0.6) is 5.75 Å². The van der Waals surface area contributed by atoms with E-state index in [9.17, 15) is 14.7 Å². The van der Waals surface area contributed by atoms with Gasteiger partial charge in [0.1, 0.15) is 5.75 Å². The minimum absolute atomic E-state index is 0.0141. The Kier molecular flexibility index (Phi) is 3.70. The monoisotopic (exact) mass is 270 g/mol. The molecule has 0 fully saturated rings. The van der Waals surface area contributed by atoms with Crippen LogP contribution in [0.3, 0.4) is 0 Å². The van der Waals surface area contributed by atoms with Crippen LogP contribution in [-0.4, -0.2) is 16.9 Å². The van der Waals surface area contributed by atoms with Crippen molar-refractivity contribution in [2.45, 2.75) is 6.92 Å². The molecule has 102 valence electrons. The molecule has 0 saturated heterocycles. The van der Waals surface area contributed by atoms with Crippen molar-refractivity contribution in [1.29, 1.82) is 0 Å². The lowest BCUT2D eigenvalue weighted by Gasteiger charge is -2.09. The second kappa shape index (κ2) is 5.44. The van der Waals surface area contributed by atoms with Crippen molar-refractivity contribution in [3.8, 4) is 5.75 Å². The molecule has 2 aromatic rings. The minimum atomic E-state index is -0.558. The van der Waals surface area contributed by atoms with Crippen molar-refractivity contribution in [1.82, 2.24) is 0 Å². The number of carbonyl (C=O) groups excluding carboxylic acids is 2. The second-order valence-corrected chi connectivity index (χ2v) is 4.40. The third-order valence-corrected chi connectivity index (χ3v) is 2.88. The maximum atomic E-state index is 12.1. The lowest BCUT2D eigenvalue weighted by atomic mass is 10.1. The zero-order valence-electron chi connectivity index (χ0n) is 10.9. The fourth-order valence-corrected chi connectivity index (χ4v) is 1.75. The SMILES string of the molecule is Cc1ccc(C(N)=O)cc1NC(=O)c1cccc(O)c1. The van der Waals surface area contributed by atoms with E-state index in [0.717, 1.165) is 5.56 Å². The third kappa shape index (κ3) is 2.95. The number of primary amides is 1. The van der Waals surface area contributed by atoms with Crippen molar-refractivity contribution in [3.05, 3.63) is 59.2 Å². The van der Waals surface area contributed by atoms with Gasteiger partial charge in [-0.2, -0.15) is 0 Å². The number of phenolic OH excluding ortho intramolecular Hbond substituents is 1. The van der Waals surface area contributed by atoms with Crippen LogP contribution in [0.15, 0.2) is 42.5 Å². The van der Waals surface area contributed by atoms with Crippen LogP contribution in [0, 0.1) is 6.92 Å². The van der Waals surface area contributed by atoms with Crippen molar-refractivity contribution < 1.29 is 14.7 Å². The van der Waals surface area contributed by atoms with Gasteiger partial charge < -0.3 is 16.2 Å². The Morgan fingerprint density at radius 1 is 1.10 bits per heavy atom. The molecule has 0 unspecified atom stereocenters. The number of aryl methyl sites for hydroxylation is 1. The normalized spacial score (nSPS) is 10.1. The highest BCUT2D eigenvalue weighted by atomic mass is 16.3. The zero-order valence-corrected chi connectivity index (χ0v) is 10.9. The quantitative estimate of drug-likeness (QED) is 0.797. The second-order valence-electron chi connectivity index (χ2n) is 4.40. The molecule has 0 heterocycles. The average Bonchev–Trinajstić information content (AvgIpc) is 2.41. The number of rotatable bonds is 3. The summed E-state index contributed by atoms with van der Waals surface area (Å²) in [6.07, 6.45) is 0. The molecule has 5 heteroatoms. The number of carbonyl (C=O) groups is 2.